The highest BCUT2D eigenvalue weighted by molar-refractivity contribution is 6.31. The minimum absolute atomic E-state index is 0.0469. The molecule has 0 aliphatic rings. The highest BCUT2D eigenvalue weighted by atomic mass is 35.5. The number of hydrogen-bond acceptors (Lipinski definition) is 4. The van der Waals surface area contributed by atoms with Gasteiger partial charge in [-0.25, -0.2) is 4.39 Å². The zero-order valence-corrected chi connectivity index (χ0v) is 17.5. The molecule has 29 heavy (non-hydrogen) atoms. The van der Waals surface area contributed by atoms with Gasteiger partial charge in [0.25, 0.3) is 0 Å². The van der Waals surface area contributed by atoms with Crippen LogP contribution in [0, 0.1) is 12.7 Å². The van der Waals surface area contributed by atoms with Crippen molar-refractivity contribution in [3.8, 4) is 5.75 Å². The number of nitrogens with one attached hydrogen (secondary N) is 2. The molecule has 2 N–H and O–H groups in total. The van der Waals surface area contributed by atoms with E-state index in [-0.39, 0.29) is 30.7 Å². The second kappa shape index (κ2) is 10.8. The van der Waals surface area contributed by atoms with Crippen LogP contribution in [0.5, 0.6) is 5.75 Å². The fraction of sp³-hybridized carbons (Fsp3) is 0.333. The fourth-order valence-electron chi connectivity index (χ4n) is 2.66. The lowest BCUT2D eigenvalue weighted by molar-refractivity contribution is -0.123. The average Bonchev–Trinajstić information content (AvgIpc) is 2.69. The summed E-state index contributed by atoms with van der Waals surface area (Å²) in [4.78, 5) is 26.3. The number of benzene rings is 2. The second-order valence-corrected chi connectivity index (χ2v) is 6.96. The molecule has 6 nitrogen and oxygen atoms in total. The highest BCUT2D eigenvalue weighted by Gasteiger charge is 2.15. The lowest BCUT2D eigenvalue weighted by atomic mass is 10.2. The first kappa shape index (κ1) is 22.6. The van der Waals surface area contributed by atoms with Gasteiger partial charge in [0.2, 0.25) is 11.8 Å². The summed E-state index contributed by atoms with van der Waals surface area (Å²) >= 11 is 6.08. The highest BCUT2D eigenvalue weighted by Crippen LogP contribution is 2.30. The fourth-order valence-corrected chi connectivity index (χ4v) is 2.82. The van der Waals surface area contributed by atoms with Crippen LogP contribution in [0.25, 0.3) is 0 Å². The van der Waals surface area contributed by atoms with Crippen molar-refractivity contribution in [2.75, 3.05) is 32.1 Å². The van der Waals surface area contributed by atoms with E-state index in [1.54, 1.807) is 29.2 Å². The summed E-state index contributed by atoms with van der Waals surface area (Å²) in [6.45, 7) is 4.64. The van der Waals surface area contributed by atoms with Crippen molar-refractivity contribution in [2.24, 2.45) is 0 Å². The van der Waals surface area contributed by atoms with Crippen molar-refractivity contribution in [1.29, 1.82) is 0 Å². The van der Waals surface area contributed by atoms with Gasteiger partial charge in [0.15, 0.2) is 0 Å². The number of amides is 2. The van der Waals surface area contributed by atoms with E-state index in [1.165, 1.54) is 19.2 Å². The first-order valence-corrected chi connectivity index (χ1v) is 9.57. The Labute approximate surface area is 175 Å². The SMILES string of the molecule is CCN(CC(=O)NCc1ccc(F)cc1)CC(=O)Nc1cc(C)c(Cl)cc1OC. The third-order valence-electron chi connectivity index (χ3n) is 4.34. The summed E-state index contributed by atoms with van der Waals surface area (Å²) in [6.07, 6.45) is 0. The number of aryl methyl sites for hydroxylation is 1. The topological polar surface area (TPSA) is 70.7 Å². The molecule has 0 saturated heterocycles. The molecule has 0 atom stereocenters. The predicted octanol–water partition coefficient (Wildman–Crippen LogP) is 3.37. The molecule has 0 saturated carbocycles. The molecule has 0 radical (unpaired) electrons. The minimum Gasteiger partial charge on any atom is -0.495 e. The Hall–Kier alpha value is -2.64. The second-order valence-electron chi connectivity index (χ2n) is 6.56. The van der Waals surface area contributed by atoms with Gasteiger partial charge >= 0.3 is 0 Å². The summed E-state index contributed by atoms with van der Waals surface area (Å²) in [5.41, 5.74) is 2.14. The zero-order valence-electron chi connectivity index (χ0n) is 16.7. The summed E-state index contributed by atoms with van der Waals surface area (Å²) in [5, 5.41) is 6.12. The third kappa shape index (κ3) is 7.03. The lowest BCUT2D eigenvalue weighted by Gasteiger charge is -2.20. The van der Waals surface area contributed by atoms with Crippen LogP contribution in [0.4, 0.5) is 10.1 Å². The van der Waals surface area contributed by atoms with Gasteiger partial charge in [-0.05, 0) is 42.8 Å². The van der Waals surface area contributed by atoms with Gasteiger partial charge < -0.3 is 15.4 Å². The van der Waals surface area contributed by atoms with Crippen molar-refractivity contribution < 1.29 is 18.7 Å². The Balaban J connectivity index is 1.88. The lowest BCUT2D eigenvalue weighted by Crippen LogP contribution is -2.40. The van der Waals surface area contributed by atoms with Crippen molar-refractivity contribution in [2.45, 2.75) is 20.4 Å². The number of carbonyl (C=O) groups is 2. The minimum atomic E-state index is -0.323. The monoisotopic (exact) mass is 421 g/mol. The number of nitrogens with zero attached hydrogens (tertiary/aromatic N) is 1. The maximum Gasteiger partial charge on any atom is 0.238 e. The van der Waals surface area contributed by atoms with E-state index in [0.29, 0.717) is 29.5 Å². The number of methoxy groups -OCH3 is 1. The van der Waals surface area contributed by atoms with E-state index in [1.807, 2.05) is 13.8 Å². The number of halogens is 2. The normalized spacial score (nSPS) is 10.7. The van der Waals surface area contributed by atoms with Gasteiger partial charge in [0.1, 0.15) is 11.6 Å². The molecule has 2 amide bonds. The maximum atomic E-state index is 12.9. The summed E-state index contributed by atoms with van der Waals surface area (Å²) in [5.74, 6) is -0.341. The number of anilines is 1. The van der Waals surface area contributed by atoms with Crippen molar-refractivity contribution >= 4 is 29.1 Å². The van der Waals surface area contributed by atoms with Gasteiger partial charge in [-0.1, -0.05) is 30.7 Å². The third-order valence-corrected chi connectivity index (χ3v) is 4.75. The zero-order chi connectivity index (χ0) is 21.4. The molecule has 0 aliphatic carbocycles. The van der Waals surface area contributed by atoms with E-state index in [9.17, 15) is 14.0 Å². The quantitative estimate of drug-likeness (QED) is 0.651. The molecular weight excluding hydrogens is 397 g/mol. The largest absolute Gasteiger partial charge is 0.495 e. The molecule has 156 valence electrons. The van der Waals surface area contributed by atoms with Crippen molar-refractivity contribution in [3.05, 3.63) is 58.4 Å². The predicted molar refractivity (Wildman–Crippen MR) is 112 cm³/mol. The Morgan fingerprint density at radius 1 is 1.14 bits per heavy atom. The van der Waals surface area contributed by atoms with Crippen LogP contribution in [0.2, 0.25) is 5.02 Å². The molecule has 0 fully saturated rings. The van der Waals surface area contributed by atoms with Gasteiger partial charge in [-0.15, -0.1) is 0 Å². The van der Waals surface area contributed by atoms with Crippen LogP contribution in [-0.4, -0.2) is 43.5 Å². The molecule has 2 aromatic carbocycles. The molecule has 0 aromatic heterocycles. The molecule has 0 spiro atoms. The molecule has 0 aliphatic heterocycles. The van der Waals surface area contributed by atoms with Crippen LogP contribution in [0.15, 0.2) is 36.4 Å². The molecule has 8 heteroatoms. The number of carbonyl (C=O) groups excluding carboxylic acids is 2. The van der Waals surface area contributed by atoms with E-state index < -0.39 is 0 Å². The smallest absolute Gasteiger partial charge is 0.238 e. The van der Waals surface area contributed by atoms with E-state index in [2.05, 4.69) is 10.6 Å². The Kier molecular flexibility index (Phi) is 8.42. The molecule has 0 unspecified atom stereocenters. The molecule has 2 rings (SSSR count). The van der Waals surface area contributed by atoms with Crippen LogP contribution < -0.4 is 15.4 Å². The van der Waals surface area contributed by atoms with Crippen LogP contribution in [0.1, 0.15) is 18.1 Å². The first-order chi connectivity index (χ1) is 13.8. The number of likely N-dealkylation sites (N-methyl/N-ethyl adjacent to an activating group) is 1. The van der Waals surface area contributed by atoms with Crippen molar-refractivity contribution in [3.63, 3.8) is 0 Å². The maximum absolute atomic E-state index is 12.9. The van der Waals surface area contributed by atoms with E-state index in [0.717, 1.165) is 11.1 Å². The van der Waals surface area contributed by atoms with Gasteiger partial charge in [0.05, 0.1) is 25.9 Å². The molecule has 2 aromatic rings. The van der Waals surface area contributed by atoms with Gasteiger partial charge in [-0.3, -0.25) is 14.5 Å². The van der Waals surface area contributed by atoms with Crippen molar-refractivity contribution in [1.82, 2.24) is 10.2 Å². The summed E-state index contributed by atoms with van der Waals surface area (Å²) < 4.78 is 18.2. The summed E-state index contributed by atoms with van der Waals surface area (Å²) in [7, 11) is 1.50. The van der Waals surface area contributed by atoms with Crippen LogP contribution in [-0.2, 0) is 16.1 Å². The molecule has 0 bridgehead atoms. The molecular formula is C21H25ClFN3O3. The standard InChI is InChI=1S/C21H25ClFN3O3/c1-4-26(12-20(27)24-11-15-5-7-16(23)8-6-15)13-21(28)25-18-9-14(2)17(22)10-19(18)29-3/h5-10H,4,11-13H2,1-3H3,(H,24,27)(H,25,28). The number of rotatable bonds is 9. The Morgan fingerprint density at radius 3 is 2.41 bits per heavy atom. The summed E-state index contributed by atoms with van der Waals surface area (Å²) in [6, 6.07) is 9.30. The van der Waals surface area contributed by atoms with E-state index >= 15 is 0 Å². The first-order valence-electron chi connectivity index (χ1n) is 9.19. The van der Waals surface area contributed by atoms with Gasteiger partial charge in [-0.2, -0.15) is 0 Å². The van der Waals surface area contributed by atoms with Crippen LogP contribution in [0.3, 0.4) is 0 Å². The Bertz CT molecular complexity index is 859. The van der Waals surface area contributed by atoms with Crippen LogP contribution >= 0.6 is 11.6 Å². The van der Waals surface area contributed by atoms with Gasteiger partial charge in [0, 0.05) is 17.6 Å². The molecule has 0 heterocycles. The number of hydrogen-bond donors (Lipinski definition) is 2. The van der Waals surface area contributed by atoms with E-state index in [4.69, 9.17) is 16.3 Å². The Morgan fingerprint density at radius 2 is 1.79 bits per heavy atom. The number of ether oxygens (including phenoxy) is 1. The average molecular weight is 422 g/mol.